The number of carbonyl (C=O) groups is 2. The summed E-state index contributed by atoms with van der Waals surface area (Å²) < 4.78 is 1.19. The number of amides is 1. The van der Waals surface area contributed by atoms with Gasteiger partial charge < -0.3 is 5.11 Å². The van der Waals surface area contributed by atoms with Gasteiger partial charge in [0.15, 0.2) is 11.9 Å². The number of nitrogens with zero attached hydrogens (tertiary/aromatic N) is 5. The van der Waals surface area contributed by atoms with E-state index in [1.54, 1.807) is 0 Å². The Morgan fingerprint density at radius 2 is 2.25 bits per heavy atom. The van der Waals surface area contributed by atoms with Crippen LogP contribution < -0.4 is 4.90 Å². The smallest absolute Gasteiger partial charge is 0.414 e. The molecule has 0 aliphatic rings. The van der Waals surface area contributed by atoms with Gasteiger partial charge in [0, 0.05) is 7.05 Å². The third-order valence-corrected chi connectivity index (χ3v) is 1.97. The highest BCUT2D eigenvalue weighted by molar-refractivity contribution is 5.83. The molecule has 0 bridgehead atoms. The summed E-state index contributed by atoms with van der Waals surface area (Å²) in [5.41, 5.74) is 0.543. The minimum atomic E-state index is -1.19. The predicted octanol–water partition coefficient (Wildman–Crippen LogP) is 0.0510. The maximum Gasteiger partial charge on any atom is 0.414 e. The van der Waals surface area contributed by atoms with E-state index < -0.39 is 6.09 Å². The number of carbonyl (C=O) groups excluding carboxylic acids is 1. The van der Waals surface area contributed by atoms with Crippen LogP contribution in [-0.2, 0) is 0 Å². The van der Waals surface area contributed by atoms with E-state index >= 15 is 0 Å². The molecule has 2 heterocycles. The molecular formula is C8H7N5O3. The molecule has 8 nitrogen and oxygen atoms in total. The highest BCUT2D eigenvalue weighted by atomic mass is 16.4. The van der Waals surface area contributed by atoms with E-state index in [2.05, 4.69) is 15.3 Å². The third-order valence-electron chi connectivity index (χ3n) is 1.97. The fraction of sp³-hybridized carbons (Fsp3) is 0.125. The maximum absolute atomic E-state index is 10.7. The van der Waals surface area contributed by atoms with Crippen LogP contribution in [0.3, 0.4) is 0 Å². The molecule has 0 unspecified atom stereocenters. The lowest BCUT2D eigenvalue weighted by Crippen LogP contribution is -2.26. The summed E-state index contributed by atoms with van der Waals surface area (Å²) in [6, 6.07) is 3.00. The lowest BCUT2D eigenvalue weighted by molar-refractivity contribution is 0.111. The molecule has 16 heavy (non-hydrogen) atoms. The second-order valence-corrected chi connectivity index (χ2v) is 2.99. The minimum absolute atomic E-state index is 0.0335. The molecule has 2 rings (SSSR count). The Kier molecular flexibility index (Phi) is 2.24. The lowest BCUT2D eigenvalue weighted by atomic mass is 10.4. The molecular weight excluding hydrogens is 214 g/mol. The first-order valence-corrected chi connectivity index (χ1v) is 4.28. The van der Waals surface area contributed by atoms with Crippen molar-refractivity contribution in [2.75, 3.05) is 11.9 Å². The van der Waals surface area contributed by atoms with E-state index in [0.29, 0.717) is 11.9 Å². The van der Waals surface area contributed by atoms with Crippen LogP contribution in [0.4, 0.5) is 10.7 Å². The monoisotopic (exact) mass is 221 g/mol. The van der Waals surface area contributed by atoms with Crippen LogP contribution >= 0.6 is 0 Å². The minimum Gasteiger partial charge on any atom is -0.465 e. The number of carboxylic acid groups (broad SMARTS) is 1. The van der Waals surface area contributed by atoms with Crippen molar-refractivity contribution in [2.45, 2.75) is 0 Å². The molecule has 0 aliphatic heterocycles. The molecule has 0 saturated carbocycles. The van der Waals surface area contributed by atoms with E-state index in [9.17, 15) is 9.59 Å². The lowest BCUT2D eigenvalue weighted by Gasteiger charge is -2.08. The number of hydrogen-bond donors (Lipinski definition) is 1. The fourth-order valence-corrected chi connectivity index (χ4v) is 1.15. The molecule has 0 atom stereocenters. The third kappa shape index (κ3) is 1.45. The van der Waals surface area contributed by atoms with Gasteiger partial charge >= 0.3 is 6.09 Å². The fourth-order valence-electron chi connectivity index (χ4n) is 1.15. The van der Waals surface area contributed by atoms with Gasteiger partial charge in [0.05, 0.1) is 0 Å². The van der Waals surface area contributed by atoms with Crippen LogP contribution in [0.5, 0.6) is 0 Å². The Hall–Kier alpha value is -2.51. The van der Waals surface area contributed by atoms with Crippen molar-refractivity contribution < 1.29 is 14.7 Å². The molecule has 0 radical (unpaired) electrons. The van der Waals surface area contributed by atoms with E-state index in [4.69, 9.17) is 5.11 Å². The molecule has 1 amide bonds. The number of hydrogen-bond acceptors (Lipinski definition) is 5. The van der Waals surface area contributed by atoms with Crippen molar-refractivity contribution in [3.8, 4) is 0 Å². The van der Waals surface area contributed by atoms with E-state index in [1.807, 2.05) is 0 Å². The van der Waals surface area contributed by atoms with Crippen LogP contribution in [-0.4, -0.2) is 44.3 Å². The van der Waals surface area contributed by atoms with Crippen LogP contribution in [0.25, 0.3) is 5.65 Å². The number of anilines is 1. The SMILES string of the molecule is CN(C(=O)O)c1nnc2ccc(C=O)nn12. The van der Waals surface area contributed by atoms with Gasteiger partial charge in [-0.15, -0.1) is 10.2 Å². The highest BCUT2D eigenvalue weighted by Crippen LogP contribution is 2.10. The zero-order valence-corrected chi connectivity index (χ0v) is 8.23. The molecule has 2 aromatic rings. The molecule has 1 N–H and O–H groups in total. The second kappa shape index (κ2) is 3.57. The Balaban J connectivity index is 2.62. The van der Waals surface area contributed by atoms with Gasteiger partial charge in [0.25, 0.3) is 5.95 Å². The average molecular weight is 221 g/mol. The van der Waals surface area contributed by atoms with Gasteiger partial charge in [-0.3, -0.25) is 4.79 Å². The number of aromatic nitrogens is 4. The summed E-state index contributed by atoms with van der Waals surface area (Å²) in [6.07, 6.45) is -0.628. The first kappa shape index (κ1) is 10.0. The van der Waals surface area contributed by atoms with Gasteiger partial charge in [-0.2, -0.15) is 9.61 Å². The Morgan fingerprint density at radius 1 is 1.50 bits per heavy atom. The molecule has 0 aliphatic carbocycles. The summed E-state index contributed by atoms with van der Waals surface area (Å²) in [7, 11) is 1.31. The van der Waals surface area contributed by atoms with Crippen LogP contribution in [0.15, 0.2) is 12.1 Å². The second-order valence-electron chi connectivity index (χ2n) is 2.99. The Labute approximate surface area is 89.1 Å². The van der Waals surface area contributed by atoms with Gasteiger partial charge in [-0.05, 0) is 12.1 Å². The zero-order chi connectivity index (χ0) is 11.7. The summed E-state index contributed by atoms with van der Waals surface area (Å²) in [4.78, 5) is 22.1. The van der Waals surface area contributed by atoms with E-state index in [-0.39, 0.29) is 11.6 Å². The first-order chi connectivity index (χ1) is 7.63. The number of fused-ring (bicyclic) bond motifs is 1. The van der Waals surface area contributed by atoms with Gasteiger partial charge in [0.2, 0.25) is 0 Å². The first-order valence-electron chi connectivity index (χ1n) is 4.28. The van der Waals surface area contributed by atoms with Crippen molar-refractivity contribution in [1.29, 1.82) is 0 Å². The van der Waals surface area contributed by atoms with Crippen molar-refractivity contribution in [3.63, 3.8) is 0 Å². The number of rotatable bonds is 2. The van der Waals surface area contributed by atoms with Crippen LogP contribution in [0, 0.1) is 0 Å². The Morgan fingerprint density at radius 3 is 2.88 bits per heavy atom. The summed E-state index contributed by atoms with van der Waals surface area (Å²) in [5.74, 6) is 0.0335. The highest BCUT2D eigenvalue weighted by Gasteiger charge is 2.16. The molecule has 8 heteroatoms. The van der Waals surface area contributed by atoms with Crippen molar-refractivity contribution in [2.24, 2.45) is 0 Å². The van der Waals surface area contributed by atoms with Crippen molar-refractivity contribution >= 4 is 24.0 Å². The summed E-state index contributed by atoms with van der Waals surface area (Å²) in [5, 5.41) is 20.1. The van der Waals surface area contributed by atoms with Gasteiger partial charge in [-0.25, -0.2) is 9.69 Å². The Bertz CT molecular complexity index is 564. The molecule has 2 aromatic heterocycles. The molecule has 0 aromatic carbocycles. The maximum atomic E-state index is 10.7. The van der Waals surface area contributed by atoms with E-state index in [1.165, 1.54) is 23.7 Å². The van der Waals surface area contributed by atoms with Crippen LogP contribution in [0.2, 0.25) is 0 Å². The molecule has 0 spiro atoms. The predicted molar refractivity (Wildman–Crippen MR) is 52.6 cm³/mol. The molecule has 0 fully saturated rings. The quantitative estimate of drug-likeness (QED) is 0.719. The molecule has 0 saturated heterocycles. The van der Waals surface area contributed by atoms with E-state index in [0.717, 1.165) is 4.90 Å². The molecule has 82 valence electrons. The standard InChI is InChI=1S/C8H7N5O3/c1-12(8(15)16)7-10-9-6-3-2-5(4-14)11-13(6)7/h2-4H,1H3,(H,15,16). The average Bonchev–Trinajstić information content (AvgIpc) is 2.70. The van der Waals surface area contributed by atoms with Gasteiger partial charge in [0.1, 0.15) is 5.69 Å². The normalized spacial score (nSPS) is 10.3. The summed E-state index contributed by atoms with van der Waals surface area (Å²) >= 11 is 0. The summed E-state index contributed by atoms with van der Waals surface area (Å²) in [6.45, 7) is 0. The zero-order valence-electron chi connectivity index (χ0n) is 8.23. The van der Waals surface area contributed by atoms with Gasteiger partial charge in [-0.1, -0.05) is 0 Å². The topological polar surface area (TPSA) is 101 Å². The van der Waals surface area contributed by atoms with Crippen molar-refractivity contribution in [3.05, 3.63) is 17.8 Å². The number of aldehydes is 1. The largest absolute Gasteiger partial charge is 0.465 e. The van der Waals surface area contributed by atoms with Crippen molar-refractivity contribution in [1.82, 2.24) is 19.8 Å². The van der Waals surface area contributed by atoms with Crippen LogP contribution in [0.1, 0.15) is 10.5 Å².